The molecule has 0 spiro atoms. The second-order valence-corrected chi connectivity index (χ2v) is 6.64. The number of unbranched alkanes of at least 4 members (excludes halogenated alkanes) is 10. The Hall–Kier alpha value is 0.220. The van der Waals surface area contributed by atoms with Gasteiger partial charge in [0.2, 0.25) is 0 Å². The Morgan fingerprint density at radius 2 is 1.18 bits per heavy atom. The van der Waals surface area contributed by atoms with Crippen molar-refractivity contribution >= 4 is 0 Å². The predicted molar refractivity (Wildman–Crippen MR) is 97.0 cm³/mol. The number of rotatable bonds is 13. The van der Waals surface area contributed by atoms with Crippen LogP contribution in [0.15, 0.2) is 30.3 Å². The fourth-order valence-electron chi connectivity index (χ4n) is 3.06. The summed E-state index contributed by atoms with van der Waals surface area (Å²) in [6, 6.07) is 11.0. The van der Waals surface area contributed by atoms with Crippen molar-refractivity contribution in [3.8, 4) is 0 Å². The summed E-state index contributed by atoms with van der Waals surface area (Å²) in [5.41, 5.74) is 1.50. The van der Waals surface area contributed by atoms with Crippen LogP contribution in [0.1, 0.15) is 104 Å². The Morgan fingerprint density at radius 3 is 1.68 bits per heavy atom. The minimum atomic E-state index is 0. The van der Waals surface area contributed by atoms with Gasteiger partial charge in [-0.25, -0.2) is 0 Å². The van der Waals surface area contributed by atoms with Crippen molar-refractivity contribution in [3.05, 3.63) is 35.9 Å². The first-order valence-corrected chi connectivity index (χ1v) is 9.39. The van der Waals surface area contributed by atoms with Crippen molar-refractivity contribution in [2.24, 2.45) is 0 Å². The second kappa shape index (κ2) is 16.1. The van der Waals surface area contributed by atoms with Gasteiger partial charge in [-0.1, -0.05) is 115 Å². The molecule has 0 N–H and O–H groups in total. The van der Waals surface area contributed by atoms with Crippen LogP contribution in [0.5, 0.6) is 0 Å². The third-order valence-corrected chi connectivity index (χ3v) is 4.61. The topological polar surface area (TPSA) is 0 Å². The fraction of sp³-hybridized carbons (Fsp3) is 0.714. The molecule has 1 rings (SSSR count). The molecule has 0 nitrogen and oxygen atoms in total. The monoisotopic (exact) mass is 312 g/mol. The zero-order chi connectivity index (χ0) is 15.2. The molecule has 0 aliphatic rings. The van der Waals surface area contributed by atoms with Crippen LogP contribution in [0, 0.1) is 0 Å². The van der Waals surface area contributed by atoms with Crippen LogP contribution in [-0.4, -0.2) is 0 Å². The van der Waals surface area contributed by atoms with Crippen LogP contribution in [-0.2, 0) is 0 Å². The SMILES string of the molecule is CCCCCCCCCCCCCC(C)c1ccccc1.[H-].[Na+]. The molecule has 122 valence electrons. The van der Waals surface area contributed by atoms with Crippen molar-refractivity contribution in [1.82, 2.24) is 0 Å². The van der Waals surface area contributed by atoms with E-state index in [1.54, 1.807) is 0 Å². The van der Waals surface area contributed by atoms with Crippen LogP contribution in [0.4, 0.5) is 0 Å². The Bertz CT molecular complexity index is 326. The summed E-state index contributed by atoms with van der Waals surface area (Å²) in [6.07, 6.45) is 17.2. The van der Waals surface area contributed by atoms with Crippen molar-refractivity contribution in [1.29, 1.82) is 0 Å². The molecule has 1 heteroatoms. The van der Waals surface area contributed by atoms with Gasteiger partial charge in [0.05, 0.1) is 0 Å². The largest absolute Gasteiger partial charge is 1.00 e. The molecule has 0 saturated carbocycles. The van der Waals surface area contributed by atoms with Crippen LogP contribution in [0.3, 0.4) is 0 Å². The third kappa shape index (κ3) is 11.7. The van der Waals surface area contributed by atoms with Gasteiger partial charge in [-0.3, -0.25) is 0 Å². The molecule has 0 bridgehead atoms. The summed E-state index contributed by atoms with van der Waals surface area (Å²) in [5, 5.41) is 0. The van der Waals surface area contributed by atoms with Crippen molar-refractivity contribution < 1.29 is 31.0 Å². The molecule has 0 fully saturated rings. The Balaban J connectivity index is 0. The summed E-state index contributed by atoms with van der Waals surface area (Å²) in [5.74, 6) is 0.727. The first-order valence-electron chi connectivity index (χ1n) is 9.39. The Labute approximate surface area is 163 Å². The normalized spacial score (nSPS) is 11.9. The van der Waals surface area contributed by atoms with Crippen molar-refractivity contribution in [2.75, 3.05) is 0 Å². The van der Waals surface area contributed by atoms with Gasteiger partial charge < -0.3 is 1.43 Å². The van der Waals surface area contributed by atoms with E-state index in [-0.39, 0.29) is 31.0 Å². The molecule has 0 saturated heterocycles. The third-order valence-electron chi connectivity index (χ3n) is 4.61. The molecule has 22 heavy (non-hydrogen) atoms. The number of benzene rings is 1. The molecule has 1 atom stereocenters. The van der Waals surface area contributed by atoms with Gasteiger partial charge in [0.25, 0.3) is 0 Å². The van der Waals surface area contributed by atoms with Crippen LogP contribution >= 0.6 is 0 Å². The molecule has 0 heterocycles. The van der Waals surface area contributed by atoms with E-state index < -0.39 is 0 Å². The molecular formula is C21H37Na. The van der Waals surface area contributed by atoms with E-state index >= 15 is 0 Å². The number of hydrogen-bond acceptors (Lipinski definition) is 0. The van der Waals surface area contributed by atoms with E-state index in [2.05, 4.69) is 44.2 Å². The molecule has 1 unspecified atom stereocenters. The van der Waals surface area contributed by atoms with E-state index in [0.717, 1.165) is 5.92 Å². The zero-order valence-corrected chi connectivity index (χ0v) is 17.4. The van der Waals surface area contributed by atoms with Crippen molar-refractivity contribution in [3.63, 3.8) is 0 Å². The fourth-order valence-corrected chi connectivity index (χ4v) is 3.06. The molecule has 0 amide bonds. The van der Waals surface area contributed by atoms with Gasteiger partial charge in [0.15, 0.2) is 0 Å². The van der Waals surface area contributed by atoms with Gasteiger partial charge in [0, 0.05) is 0 Å². The summed E-state index contributed by atoms with van der Waals surface area (Å²) in [7, 11) is 0. The van der Waals surface area contributed by atoms with E-state index in [9.17, 15) is 0 Å². The van der Waals surface area contributed by atoms with Gasteiger partial charge in [0.1, 0.15) is 0 Å². The Kier molecular flexibility index (Phi) is 16.3. The average Bonchev–Trinajstić information content (AvgIpc) is 2.53. The van der Waals surface area contributed by atoms with Gasteiger partial charge in [-0.05, 0) is 17.9 Å². The molecule has 1 aromatic rings. The van der Waals surface area contributed by atoms with Crippen LogP contribution < -0.4 is 29.6 Å². The average molecular weight is 313 g/mol. The van der Waals surface area contributed by atoms with E-state index in [0.29, 0.717) is 0 Å². The summed E-state index contributed by atoms with van der Waals surface area (Å²) in [4.78, 5) is 0. The predicted octanol–water partition coefficient (Wildman–Crippen LogP) is 4.61. The maximum absolute atomic E-state index is 2.37. The molecule has 0 radical (unpaired) electrons. The zero-order valence-electron chi connectivity index (χ0n) is 16.4. The maximum Gasteiger partial charge on any atom is 1.00 e. The molecular weight excluding hydrogens is 275 g/mol. The van der Waals surface area contributed by atoms with Crippen LogP contribution in [0.25, 0.3) is 0 Å². The van der Waals surface area contributed by atoms with Gasteiger partial charge in [-0.15, -0.1) is 0 Å². The van der Waals surface area contributed by atoms with Crippen LogP contribution in [0.2, 0.25) is 0 Å². The van der Waals surface area contributed by atoms with Crippen molar-refractivity contribution in [2.45, 2.75) is 96.8 Å². The van der Waals surface area contributed by atoms with E-state index in [1.807, 2.05) is 0 Å². The summed E-state index contributed by atoms with van der Waals surface area (Å²) in [6.45, 7) is 4.66. The maximum atomic E-state index is 2.37. The Morgan fingerprint density at radius 1 is 0.727 bits per heavy atom. The quantitative estimate of drug-likeness (QED) is 0.369. The molecule has 0 aliphatic heterocycles. The minimum absolute atomic E-state index is 0. The first kappa shape index (κ1) is 22.2. The number of hydrogen-bond donors (Lipinski definition) is 0. The molecule has 0 aromatic heterocycles. The second-order valence-electron chi connectivity index (χ2n) is 6.64. The standard InChI is InChI=1S/C21H36.Na.H/c1-3-4-5-6-7-8-9-10-11-12-14-17-20(2)21-18-15-13-16-19-21;;/h13,15-16,18-20H,3-12,14,17H2,1-2H3;;/q;+1;-1. The van der Waals surface area contributed by atoms with E-state index in [4.69, 9.17) is 0 Å². The molecule has 0 aliphatic carbocycles. The smallest absolute Gasteiger partial charge is 1.00 e. The van der Waals surface area contributed by atoms with Gasteiger partial charge in [-0.2, -0.15) is 0 Å². The van der Waals surface area contributed by atoms with Gasteiger partial charge >= 0.3 is 29.6 Å². The first-order chi connectivity index (χ1) is 10.3. The minimum Gasteiger partial charge on any atom is -1.00 e. The summed E-state index contributed by atoms with van der Waals surface area (Å²) >= 11 is 0. The molecule has 1 aromatic carbocycles. The summed E-state index contributed by atoms with van der Waals surface area (Å²) < 4.78 is 0. The van der Waals surface area contributed by atoms with E-state index in [1.165, 1.54) is 82.6 Å².